The first-order chi connectivity index (χ1) is 32.4. The van der Waals surface area contributed by atoms with E-state index in [4.69, 9.17) is 22.9 Å². The summed E-state index contributed by atoms with van der Waals surface area (Å²) < 4.78 is 0. The lowest BCUT2D eigenvalue weighted by Crippen LogP contribution is -2.60. The summed E-state index contributed by atoms with van der Waals surface area (Å²) in [5.74, 6) is -5.95. The number of benzene rings is 2. The predicted octanol–water partition coefficient (Wildman–Crippen LogP) is -1.60. The summed E-state index contributed by atoms with van der Waals surface area (Å²) in [6, 6.07) is 9.81. The van der Waals surface area contributed by atoms with Gasteiger partial charge in [-0.1, -0.05) is 74.5 Å². The summed E-state index contributed by atoms with van der Waals surface area (Å²) in [5, 5.41) is 26.2. The lowest BCUT2D eigenvalue weighted by Gasteiger charge is -2.31. The highest BCUT2D eigenvalue weighted by Gasteiger charge is 2.40. The molecule has 22 nitrogen and oxygen atoms in total. The largest absolute Gasteiger partial charge is 0.480 e. The van der Waals surface area contributed by atoms with Gasteiger partial charge in [0.05, 0.1) is 0 Å². The van der Waals surface area contributed by atoms with Gasteiger partial charge < -0.3 is 64.8 Å². The number of carboxylic acid groups (broad SMARTS) is 1. The number of nitrogens with two attached hydrogens (primary N) is 4. The van der Waals surface area contributed by atoms with Gasteiger partial charge in [-0.15, -0.1) is 0 Å². The van der Waals surface area contributed by atoms with Crippen LogP contribution in [0.25, 0.3) is 0 Å². The average molecular weight is 946 g/mol. The lowest BCUT2D eigenvalue weighted by atomic mass is 9.99. The Hall–Kier alpha value is -7.26. The van der Waals surface area contributed by atoms with Crippen LogP contribution >= 0.6 is 0 Å². The first-order valence-electron chi connectivity index (χ1n) is 22.9. The van der Waals surface area contributed by atoms with Crippen LogP contribution in [0.2, 0.25) is 0 Å². The van der Waals surface area contributed by atoms with Gasteiger partial charge in [-0.25, -0.2) is 4.79 Å². The van der Waals surface area contributed by atoms with Gasteiger partial charge >= 0.3 is 5.97 Å². The molecule has 2 fully saturated rings. The van der Waals surface area contributed by atoms with Crippen molar-refractivity contribution >= 4 is 59.2 Å². The van der Waals surface area contributed by atoms with Crippen molar-refractivity contribution in [1.82, 2.24) is 36.8 Å². The highest BCUT2D eigenvalue weighted by atomic mass is 16.4. The van der Waals surface area contributed by atoms with Gasteiger partial charge in [0.2, 0.25) is 41.4 Å². The molecule has 2 heterocycles. The maximum absolute atomic E-state index is 14.5. The maximum Gasteiger partial charge on any atom is 0.326 e. The van der Waals surface area contributed by atoms with E-state index in [-0.39, 0.29) is 108 Å². The van der Waals surface area contributed by atoms with Crippen LogP contribution in [0.4, 0.5) is 0 Å². The van der Waals surface area contributed by atoms with Crippen molar-refractivity contribution in [1.29, 1.82) is 0 Å². The van der Waals surface area contributed by atoms with E-state index >= 15 is 0 Å². The molecule has 68 heavy (non-hydrogen) atoms. The molecule has 0 radical (unpaired) electrons. The standard InChI is InChI=1S/C46H67N13O9/c1-27(2)24-33(56-41(64)35(26-29-14-7-4-8-15-29)57-38(61)30-19-20-37(60)53-30)39(62)58-34(25-28-12-5-3-6-13-28)40(63)54-31(16-9-21-51-45(47)48)43(66)59-23-11-18-36(59)42(65)55-32(44(67)68)17-10-22-52-46(49)50/h3-8,12-15,27,30-36H,9-11,16-26H2,1-2H3,(H,53,60)(H,54,63)(H,55,65)(H,56,64)(H,57,61)(H,58,62)(H,67,68)(H4,47,48,51)(H4,49,50,52)/t30-,31-,32-,33-,34-,35-,36-/m0/s1. The number of carbonyl (C=O) groups is 8. The normalized spacial score (nSPS) is 17.6. The minimum absolute atomic E-state index is 0.0182. The van der Waals surface area contributed by atoms with Crippen molar-refractivity contribution in [2.45, 2.75) is 127 Å². The fourth-order valence-electron chi connectivity index (χ4n) is 8.01. The summed E-state index contributed by atoms with van der Waals surface area (Å²) in [4.78, 5) is 118. The Morgan fingerprint density at radius 2 is 1.16 bits per heavy atom. The minimum atomic E-state index is -1.29. The topological polar surface area (TPSA) is 361 Å². The summed E-state index contributed by atoms with van der Waals surface area (Å²) in [7, 11) is 0. The van der Waals surface area contributed by atoms with Crippen LogP contribution < -0.4 is 54.8 Å². The Balaban J connectivity index is 1.58. The van der Waals surface area contributed by atoms with Crippen molar-refractivity contribution in [3.8, 4) is 0 Å². The molecule has 0 saturated carbocycles. The number of amides is 7. The molecule has 0 aliphatic carbocycles. The molecular formula is C46H67N13O9. The number of aliphatic carboxylic acids is 1. The molecule has 0 aromatic heterocycles. The lowest BCUT2D eigenvalue weighted by molar-refractivity contribution is -0.145. The molecule has 370 valence electrons. The quantitative estimate of drug-likeness (QED) is 0.0288. The number of aliphatic imine (C=N–C) groups is 2. The fraction of sp³-hybridized carbons (Fsp3) is 0.522. The molecular weight excluding hydrogens is 879 g/mol. The molecule has 2 aliphatic heterocycles. The van der Waals surface area contributed by atoms with E-state index in [0.29, 0.717) is 12.0 Å². The third-order valence-electron chi connectivity index (χ3n) is 11.4. The monoisotopic (exact) mass is 946 g/mol. The Kier molecular flexibility index (Phi) is 21.0. The minimum Gasteiger partial charge on any atom is -0.480 e. The number of nitrogens with one attached hydrogen (secondary N) is 6. The molecule has 2 saturated heterocycles. The maximum atomic E-state index is 14.5. The summed E-state index contributed by atoms with van der Waals surface area (Å²) >= 11 is 0. The van der Waals surface area contributed by atoms with Crippen LogP contribution in [0.1, 0.15) is 82.8 Å². The van der Waals surface area contributed by atoms with Gasteiger partial charge in [-0.3, -0.25) is 43.5 Å². The fourth-order valence-corrected chi connectivity index (χ4v) is 8.01. The second-order valence-corrected chi connectivity index (χ2v) is 17.4. The molecule has 2 aromatic carbocycles. The third kappa shape index (κ3) is 17.5. The molecule has 2 aromatic rings. The zero-order valence-electron chi connectivity index (χ0n) is 38.7. The number of nitrogens with zero attached hydrogens (tertiary/aromatic N) is 3. The van der Waals surface area contributed by atoms with Crippen molar-refractivity contribution in [3.63, 3.8) is 0 Å². The van der Waals surface area contributed by atoms with E-state index < -0.39 is 83.7 Å². The van der Waals surface area contributed by atoms with Gasteiger partial charge in [-0.2, -0.15) is 0 Å². The smallest absolute Gasteiger partial charge is 0.326 e. The highest BCUT2D eigenvalue weighted by Crippen LogP contribution is 2.21. The van der Waals surface area contributed by atoms with Crippen LogP contribution in [0.3, 0.4) is 0 Å². The Labute approximate surface area is 395 Å². The Morgan fingerprint density at radius 3 is 1.66 bits per heavy atom. The van der Waals surface area contributed by atoms with Crippen molar-refractivity contribution in [2.24, 2.45) is 38.8 Å². The van der Waals surface area contributed by atoms with E-state index in [1.54, 1.807) is 54.6 Å². The van der Waals surface area contributed by atoms with Gasteiger partial charge in [0.25, 0.3) is 0 Å². The van der Waals surface area contributed by atoms with Gasteiger partial charge in [-0.05, 0) is 68.4 Å². The van der Waals surface area contributed by atoms with Crippen LogP contribution in [-0.2, 0) is 51.2 Å². The number of guanidine groups is 2. The number of likely N-dealkylation sites (tertiary alicyclic amines) is 1. The molecule has 0 spiro atoms. The Morgan fingerprint density at radius 1 is 0.676 bits per heavy atom. The SMILES string of the molecule is CC(C)C[C@H](NC(=O)[C@H](Cc1ccccc1)NC(=O)[C@@H]1CCC(=O)N1)C(=O)N[C@@H](Cc1ccccc1)C(=O)N[C@@H](CCCN=C(N)N)C(=O)N1CCC[C@H]1C(=O)N[C@@H](CCCN=C(N)N)C(=O)O. The first kappa shape index (κ1) is 53.4. The molecule has 0 unspecified atom stereocenters. The summed E-state index contributed by atoms with van der Waals surface area (Å²) in [6.07, 6.45) is 1.80. The van der Waals surface area contributed by atoms with E-state index in [9.17, 15) is 43.5 Å². The average Bonchev–Trinajstić information content (AvgIpc) is 3.97. The number of rotatable bonds is 26. The number of carbonyl (C=O) groups excluding carboxylic acids is 7. The van der Waals surface area contributed by atoms with E-state index in [0.717, 1.165) is 5.56 Å². The van der Waals surface area contributed by atoms with E-state index in [1.165, 1.54) is 4.90 Å². The van der Waals surface area contributed by atoms with E-state index in [1.807, 2.05) is 19.9 Å². The van der Waals surface area contributed by atoms with Crippen LogP contribution in [0.5, 0.6) is 0 Å². The molecule has 0 bridgehead atoms. The van der Waals surface area contributed by atoms with Crippen molar-refractivity contribution in [2.75, 3.05) is 19.6 Å². The number of carboxylic acids is 1. The van der Waals surface area contributed by atoms with Crippen LogP contribution in [-0.4, -0.2) is 131 Å². The zero-order valence-corrected chi connectivity index (χ0v) is 38.7. The van der Waals surface area contributed by atoms with Crippen molar-refractivity contribution in [3.05, 3.63) is 71.8 Å². The van der Waals surface area contributed by atoms with Crippen LogP contribution in [0, 0.1) is 5.92 Å². The highest BCUT2D eigenvalue weighted by molar-refractivity contribution is 5.98. The first-order valence-corrected chi connectivity index (χ1v) is 22.9. The summed E-state index contributed by atoms with van der Waals surface area (Å²) in [5.41, 5.74) is 23.2. The third-order valence-corrected chi connectivity index (χ3v) is 11.4. The van der Waals surface area contributed by atoms with Crippen LogP contribution in [0.15, 0.2) is 70.6 Å². The summed E-state index contributed by atoms with van der Waals surface area (Å²) in [6.45, 7) is 4.10. The molecule has 4 rings (SSSR count). The predicted molar refractivity (Wildman–Crippen MR) is 253 cm³/mol. The number of hydrogen-bond donors (Lipinski definition) is 11. The van der Waals surface area contributed by atoms with Gasteiger partial charge in [0, 0.05) is 38.9 Å². The van der Waals surface area contributed by atoms with E-state index in [2.05, 4.69) is 41.9 Å². The molecule has 7 atom stereocenters. The second-order valence-electron chi connectivity index (χ2n) is 17.4. The molecule has 2 aliphatic rings. The molecule has 22 heteroatoms. The van der Waals surface area contributed by atoms with Crippen molar-refractivity contribution < 1.29 is 43.5 Å². The number of hydrogen-bond acceptors (Lipinski definition) is 10. The Bertz CT molecular complexity index is 2110. The van der Waals surface area contributed by atoms with Gasteiger partial charge in [0.15, 0.2) is 11.9 Å². The van der Waals surface area contributed by atoms with Gasteiger partial charge in [0.1, 0.15) is 42.3 Å². The molecule has 15 N–H and O–H groups in total. The zero-order chi connectivity index (χ0) is 49.8. The second kappa shape index (κ2) is 26.8. The molecule has 7 amide bonds.